The molecule has 0 aromatic heterocycles. The van der Waals surface area contributed by atoms with Gasteiger partial charge in [-0.25, -0.2) is 4.79 Å². The van der Waals surface area contributed by atoms with Crippen molar-refractivity contribution in [2.45, 2.75) is 19.8 Å². The summed E-state index contributed by atoms with van der Waals surface area (Å²) in [5, 5.41) is 10.9. The van der Waals surface area contributed by atoms with Gasteiger partial charge >= 0.3 is 12.0 Å². The van der Waals surface area contributed by atoms with Crippen LogP contribution in [0.1, 0.15) is 19.8 Å². The lowest BCUT2D eigenvalue weighted by Gasteiger charge is -2.17. The third-order valence-electron chi connectivity index (χ3n) is 2.28. The highest BCUT2D eigenvalue weighted by molar-refractivity contribution is 6.01. The van der Waals surface area contributed by atoms with Gasteiger partial charge < -0.3 is 10.4 Å². The van der Waals surface area contributed by atoms with Crippen molar-refractivity contribution < 1.29 is 19.5 Å². The van der Waals surface area contributed by atoms with E-state index >= 15 is 0 Å². The summed E-state index contributed by atoms with van der Waals surface area (Å²) in [6.07, 6.45) is 0.525. The van der Waals surface area contributed by atoms with Crippen LogP contribution >= 0.6 is 0 Å². The molecule has 1 unspecified atom stereocenters. The molecule has 1 aliphatic rings. The number of amides is 3. The molecule has 0 aromatic carbocycles. The number of aliphatic carboxylic acids is 1. The second-order valence-corrected chi connectivity index (χ2v) is 3.70. The standard InChI is InChI=1S/C9H14N2O4/c1-6(2-3-8(13)14)5-11-7(12)4-10-9(11)15/h6H,2-5H2,1H3,(H,10,15)(H,13,14). The highest BCUT2D eigenvalue weighted by Gasteiger charge is 2.29. The van der Waals surface area contributed by atoms with Crippen LogP contribution in [0.25, 0.3) is 0 Å². The van der Waals surface area contributed by atoms with E-state index in [1.54, 1.807) is 0 Å². The molecule has 3 amide bonds. The normalized spacial score (nSPS) is 17.8. The fourth-order valence-electron chi connectivity index (χ4n) is 1.41. The molecule has 0 saturated carbocycles. The van der Waals surface area contributed by atoms with E-state index in [-0.39, 0.29) is 37.4 Å². The van der Waals surface area contributed by atoms with Crippen molar-refractivity contribution in [2.75, 3.05) is 13.1 Å². The highest BCUT2D eigenvalue weighted by atomic mass is 16.4. The Bertz CT molecular complexity index is 274. The molecule has 1 fully saturated rings. The third-order valence-corrected chi connectivity index (χ3v) is 2.28. The summed E-state index contributed by atoms with van der Waals surface area (Å²) in [5.41, 5.74) is 0. The Morgan fingerprint density at radius 1 is 1.60 bits per heavy atom. The number of urea groups is 1. The lowest BCUT2D eigenvalue weighted by Crippen LogP contribution is -2.34. The number of rotatable bonds is 5. The molecule has 1 rings (SSSR count). The van der Waals surface area contributed by atoms with E-state index in [0.717, 1.165) is 4.90 Å². The minimum Gasteiger partial charge on any atom is -0.481 e. The average Bonchev–Trinajstić information content (AvgIpc) is 2.46. The van der Waals surface area contributed by atoms with Crippen LogP contribution in [0.15, 0.2) is 0 Å². The van der Waals surface area contributed by atoms with Crippen molar-refractivity contribution in [2.24, 2.45) is 5.92 Å². The number of carboxylic acids is 1. The van der Waals surface area contributed by atoms with Crippen molar-refractivity contribution >= 4 is 17.9 Å². The van der Waals surface area contributed by atoms with Gasteiger partial charge in [0, 0.05) is 13.0 Å². The molecule has 1 saturated heterocycles. The second-order valence-electron chi connectivity index (χ2n) is 3.70. The van der Waals surface area contributed by atoms with Gasteiger partial charge in [0.05, 0.1) is 6.54 Å². The number of imide groups is 1. The molecular formula is C9H14N2O4. The van der Waals surface area contributed by atoms with Gasteiger partial charge in [0.2, 0.25) is 5.91 Å². The maximum Gasteiger partial charge on any atom is 0.324 e. The molecule has 0 bridgehead atoms. The molecule has 6 heteroatoms. The van der Waals surface area contributed by atoms with E-state index in [1.165, 1.54) is 0 Å². The predicted molar refractivity (Wildman–Crippen MR) is 51.1 cm³/mol. The first-order chi connectivity index (χ1) is 7.00. The predicted octanol–water partition coefficient (Wildman–Crippen LogP) is 0.0391. The molecule has 84 valence electrons. The molecule has 1 aliphatic heterocycles. The third kappa shape index (κ3) is 3.23. The smallest absolute Gasteiger partial charge is 0.324 e. The van der Waals surface area contributed by atoms with Crippen molar-refractivity contribution in [3.05, 3.63) is 0 Å². The minimum absolute atomic E-state index is 0.00824. The first kappa shape index (κ1) is 11.5. The highest BCUT2D eigenvalue weighted by Crippen LogP contribution is 2.10. The number of carbonyl (C=O) groups excluding carboxylic acids is 2. The quantitative estimate of drug-likeness (QED) is 0.632. The Hall–Kier alpha value is -1.59. The number of nitrogens with zero attached hydrogens (tertiary/aromatic N) is 1. The number of nitrogens with one attached hydrogen (secondary N) is 1. The van der Waals surface area contributed by atoms with Crippen LogP contribution in [0.5, 0.6) is 0 Å². The number of hydrogen-bond donors (Lipinski definition) is 2. The second kappa shape index (κ2) is 4.77. The van der Waals surface area contributed by atoms with Gasteiger partial charge in [0.1, 0.15) is 0 Å². The molecule has 0 aromatic rings. The summed E-state index contributed by atoms with van der Waals surface area (Å²) in [5.74, 6) is -1.10. The zero-order chi connectivity index (χ0) is 11.4. The van der Waals surface area contributed by atoms with Gasteiger partial charge in [0.15, 0.2) is 0 Å². The van der Waals surface area contributed by atoms with Gasteiger partial charge in [-0.2, -0.15) is 0 Å². The van der Waals surface area contributed by atoms with Crippen molar-refractivity contribution in [1.82, 2.24) is 10.2 Å². The fourth-order valence-corrected chi connectivity index (χ4v) is 1.41. The first-order valence-electron chi connectivity index (χ1n) is 4.80. The van der Waals surface area contributed by atoms with Crippen molar-refractivity contribution in [1.29, 1.82) is 0 Å². The Balaban J connectivity index is 2.36. The molecule has 2 N–H and O–H groups in total. The van der Waals surface area contributed by atoms with Crippen LogP contribution in [-0.2, 0) is 9.59 Å². The molecule has 0 aliphatic carbocycles. The van der Waals surface area contributed by atoms with Crippen LogP contribution in [0, 0.1) is 5.92 Å². The average molecular weight is 214 g/mol. The number of carbonyl (C=O) groups is 3. The first-order valence-corrected chi connectivity index (χ1v) is 4.80. The van der Waals surface area contributed by atoms with Crippen molar-refractivity contribution in [3.8, 4) is 0 Å². The zero-order valence-corrected chi connectivity index (χ0v) is 8.52. The maximum absolute atomic E-state index is 11.2. The Morgan fingerprint density at radius 2 is 2.27 bits per heavy atom. The van der Waals surface area contributed by atoms with Crippen LogP contribution in [0.2, 0.25) is 0 Å². The van der Waals surface area contributed by atoms with E-state index < -0.39 is 5.97 Å². The molecule has 1 atom stereocenters. The van der Waals surface area contributed by atoms with Crippen LogP contribution in [0.3, 0.4) is 0 Å². The van der Waals surface area contributed by atoms with Gasteiger partial charge in [-0.3, -0.25) is 14.5 Å². The SMILES string of the molecule is CC(CCC(=O)O)CN1C(=O)CNC1=O. The summed E-state index contributed by atoms with van der Waals surface area (Å²) in [4.78, 5) is 33.8. The molecule has 0 spiro atoms. The van der Waals surface area contributed by atoms with E-state index in [2.05, 4.69) is 5.32 Å². The molecular weight excluding hydrogens is 200 g/mol. The van der Waals surface area contributed by atoms with E-state index in [9.17, 15) is 14.4 Å². The van der Waals surface area contributed by atoms with Crippen molar-refractivity contribution in [3.63, 3.8) is 0 Å². The summed E-state index contributed by atoms with van der Waals surface area (Å²) < 4.78 is 0. The van der Waals surface area contributed by atoms with E-state index in [4.69, 9.17) is 5.11 Å². The summed E-state index contributed by atoms with van der Waals surface area (Å²) in [7, 11) is 0. The van der Waals surface area contributed by atoms with Crippen LogP contribution in [-0.4, -0.2) is 41.0 Å². The molecule has 6 nitrogen and oxygen atoms in total. The van der Waals surface area contributed by atoms with Crippen LogP contribution in [0.4, 0.5) is 4.79 Å². The Labute approximate surface area is 87.2 Å². The van der Waals surface area contributed by atoms with E-state index in [1.807, 2.05) is 6.92 Å². The fraction of sp³-hybridized carbons (Fsp3) is 0.667. The molecule has 0 radical (unpaired) electrons. The summed E-state index contributed by atoms with van der Waals surface area (Å²) in [6, 6.07) is -0.387. The maximum atomic E-state index is 11.2. The van der Waals surface area contributed by atoms with Gasteiger partial charge in [0.25, 0.3) is 0 Å². The van der Waals surface area contributed by atoms with Crippen LogP contribution < -0.4 is 5.32 Å². The zero-order valence-electron chi connectivity index (χ0n) is 8.52. The molecule has 15 heavy (non-hydrogen) atoms. The largest absolute Gasteiger partial charge is 0.481 e. The topological polar surface area (TPSA) is 86.7 Å². The summed E-state index contributed by atoms with van der Waals surface area (Å²) in [6.45, 7) is 2.16. The Kier molecular flexibility index (Phi) is 3.65. The summed E-state index contributed by atoms with van der Waals surface area (Å²) >= 11 is 0. The van der Waals surface area contributed by atoms with Gasteiger partial charge in [-0.05, 0) is 12.3 Å². The van der Waals surface area contributed by atoms with E-state index in [0.29, 0.717) is 6.42 Å². The number of hydrogen-bond acceptors (Lipinski definition) is 3. The van der Waals surface area contributed by atoms with Gasteiger partial charge in [-0.15, -0.1) is 0 Å². The minimum atomic E-state index is -0.862. The lowest BCUT2D eigenvalue weighted by molar-refractivity contribution is -0.137. The lowest BCUT2D eigenvalue weighted by atomic mass is 10.1. The number of carboxylic acid groups (broad SMARTS) is 1. The Morgan fingerprint density at radius 3 is 2.73 bits per heavy atom. The molecule has 1 heterocycles. The monoisotopic (exact) mass is 214 g/mol. The van der Waals surface area contributed by atoms with Gasteiger partial charge in [-0.1, -0.05) is 6.92 Å².